The molecule has 1 aromatic heterocycles. The molecule has 1 amide bonds. The molecule has 2 aliphatic rings. The first kappa shape index (κ1) is 24.9. The molecule has 188 valence electrons. The van der Waals surface area contributed by atoms with Crippen LogP contribution in [-0.4, -0.2) is 46.5 Å². The van der Waals surface area contributed by atoms with E-state index in [1.807, 2.05) is 0 Å². The monoisotopic (exact) mass is 493 g/mol. The maximum Gasteiger partial charge on any atom is 0.419 e. The van der Waals surface area contributed by atoms with Gasteiger partial charge in [-0.2, -0.15) is 18.3 Å². The van der Waals surface area contributed by atoms with Crippen molar-refractivity contribution in [3.8, 4) is 0 Å². The zero-order valence-corrected chi connectivity index (χ0v) is 19.3. The zero-order chi connectivity index (χ0) is 25.2. The third kappa shape index (κ3) is 5.55. The highest BCUT2D eigenvalue weighted by Crippen LogP contribution is 2.38. The van der Waals surface area contributed by atoms with Crippen LogP contribution in [0.2, 0.25) is 0 Å². The van der Waals surface area contributed by atoms with Gasteiger partial charge in [-0.05, 0) is 50.6 Å². The number of carbonyl (C=O) groups excluding carboxylic acids is 2. The number of hydrogen-bond donors (Lipinski definition) is 2. The van der Waals surface area contributed by atoms with E-state index in [0.29, 0.717) is 42.5 Å². The first-order valence-electron chi connectivity index (χ1n) is 11.5. The number of alkyl halides is 3. The standard InChI is InChI=1S/C24H27F4N5O2/c1-15-18(14-34)23(16-5-6-19(20(25)11-16)24(26,27)28)33-21(30-15)12-17(31-33)13-29-22(35)7-10-32-8-3-2-4-9-32/h5-6,11-12,14,23,30H,2-4,7-10,13H2,1H3,(H,29,35). The van der Waals surface area contributed by atoms with Crippen molar-refractivity contribution in [2.75, 3.05) is 25.0 Å². The summed E-state index contributed by atoms with van der Waals surface area (Å²) < 4.78 is 54.8. The number of halogens is 4. The van der Waals surface area contributed by atoms with E-state index in [1.54, 1.807) is 13.0 Å². The highest BCUT2D eigenvalue weighted by atomic mass is 19.4. The first-order valence-corrected chi connectivity index (χ1v) is 11.5. The average molecular weight is 494 g/mol. The van der Waals surface area contributed by atoms with E-state index in [4.69, 9.17) is 0 Å². The molecule has 2 N–H and O–H groups in total. The van der Waals surface area contributed by atoms with Gasteiger partial charge in [-0.25, -0.2) is 9.07 Å². The summed E-state index contributed by atoms with van der Waals surface area (Å²) >= 11 is 0. The Hall–Kier alpha value is -3.21. The summed E-state index contributed by atoms with van der Waals surface area (Å²) in [6, 6.07) is 3.36. The average Bonchev–Trinajstić information content (AvgIpc) is 3.22. The molecule has 4 rings (SSSR count). The van der Waals surface area contributed by atoms with Crippen molar-refractivity contribution >= 4 is 18.0 Å². The van der Waals surface area contributed by atoms with Crippen molar-refractivity contribution in [3.63, 3.8) is 0 Å². The molecule has 2 aliphatic heterocycles. The summed E-state index contributed by atoms with van der Waals surface area (Å²) in [6.45, 7) is 4.49. The summed E-state index contributed by atoms with van der Waals surface area (Å²) in [7, 11) is 0. The van der Waals surface area contributed by atoms with Crippen LogP contribution < -0.4 is 10.6 Å². The molecule has 0 aliphatic carbocycles. The van der Waals surface area contributed by atoms with E-state index in [-0.39, 0.29) is 23.6 Å². The Morgan fingerprint density at radius 3 is 2.63 bits per heavy atom. The van der Waals surface area contributed by atoms with E-state index in [2.05, 4.69) is 20.6 Å². The normalized spacial score (nSPS) is 18.7. The summed E-state index contributed by atoms with van der Waals surface area (Å²) in [5.41, 5.74) is -0.0278. The van der Waals surface area contributed by atoms with Gasteiger partial charge in [0.1, 0.15) is 24.0 Å². The summed E-state index contributed by atoms with van der Waals surface area (Å²) in [6.07, 6.45) is -0.358. The summed E-state index contributed by atoms with van der Waals surface area (Å²) in [4.78, 5) is 26.4. The number of benzene rings is 1. The predicted molar refractivity (Wildman–Crippen MR) is 121 cm³/mol. The zero-order valence-electron chi connectivity index (χ0n) is 19.3. The van der Waals surface area contributed by atoms with Gasteiger partial charge in [-0.15, -0.1) is 0 Å². The molecule has 1 aromatic carbocycles. The number of nitrogens with one attached hydrogen (secondary N) is 2. The van der Waals surface area contributed by atoms with Crippen molar-refractivity contribution in [2.24, 2.45) is 0 Å². The number of amides is 1. The van der Waals surface area contributed by atoms with Crippen LogP contribution in [0.5, 0.6) is 0 Å². The molecule has 0 radical (unpaired) electrons. The fourth-order valence-corrected chi connectivity index (χ4v) is 4.55. The maximum absolute atomic E-state index is 14.3. The number of anilines is 1. The fraction of sp³-hybridized carbons (Fsp3) is 0.458. The SMILES string of the molecule is CC1=C(C=O)C(c2ccc(C(F)(F)F)c(F)c2)n2nc(CNC(=O)CCN3CCCCC3)cc2N1. The number of nitrogens with zero attached hydrogens (tertiary/aromatic N) is 3. The second-order valence-corrected chi connectivity index (χ2v) is 8.86. The van der Waals surface area contributed by atoms with Crippen LogP contribution in [0.4, 0.5) is 23.4 Å². The number of fused-ring (bicyclic) bond motifs is 1. The molecular formula is C24H27F4N5O2. The van der Waals surface area contributed by atoms with Crippen molar-refractivity contribution in [1.29, 1.82) is 0 Å². The minimum atomic E-state index is -4.83. The van der Waals surface area contributed by atoms with Crippen molar-refractivity contribution in [3.05, 3.63) is 58.2 Å². The van der Waals surface area contributed by atoms with E-state index in [0.717, 1.165) is 38.1 Å². The number of hydrogen-bond acceptors (Lipinski definition) is 5. The number of piperidine rings is 1. The van der Waals surface area contributed by atoms with Gasteiger partial charge in [-0.3, -0.25) is 9.59 Å². The lowest BCUT2D eigenvalue weighted by molar-refractivity contribution is -0.140. The highest BCUT2D eigenvalue weighted by Gasteiger charge is 2.36. The molecule has 3 heterocycles. The first-order chi connectivity index (χ1) is 16.7. The number of likely N-dealkylation sites (tertiary alicyclic amines) is 1. The van der Waals surface area contributed by atoms with Gasteiger partial charge in [0.05, 0.1) is 17.8 Å². The molecule has 1 fully saturated rings. The van der Waals surface area contributed by atoms with E-state index in [9.17, 15) is 27.2 Å². The van der Waals surface area contributed by atoms with E-state index < -0.39 is 23.6 Å². The van der Waals surface area contributed by atoms with Crippen LogP contribution >= 0.6 is 0 Å². The molecule has 11 heteroatoms. The maximum atomic E-state index is 14.3. The van der Waals surface area contributed by atoms with Gasteiger partial charge in [0.25, 0.3) is 0 Å². The van der Waals surface area contributed by atoms with Crippen LogP contribution in [0.25, 0.3) is 0 Å². The van der Waals surface area contributed by atoms with Gasteiger partial charge >= 0.3 is 6.18 Å². The summed E-state index contributed by atoms with van der Waals surface area (Å²) in [5.74, 6) is -1.05. The Morgan fingerprint density at radius 1 is 1.23 bits per heavy atom. The lowest BCUT2D eigenvalue weighted by Gasteiger charge is -2.28. The van der Waals surface area contributed by atoms with Gasteiger partial charge in [0.2, 0.25) is 5.91 Å². The largest absolute Gasteiger partial charge is 0.419 e. The Morgan fingerprint density at radius 2 is 1.97 bits per heavy atom. The number of aromatic nitrogens is 2. The Balaban J connectivity index is 1.50. The van der Waals surface area contributed by atoms with Gasteiger partial charge in [-0.1, -0.05) is 12.5 Å². The second kappa shape index (κ2) is 10.2. The van der Waals surface area contributed by atoms with E-state index in [1.165, 1.54) is 11.1 Å². The Bertz CT molecular complexity index is 1140. The number of aldehydes is 1. The minimum Gasteiger partial charge on any atom is -0.350 e. The highest BCUT2D eigenvalue weighted by molar-refractivity contribution is 5.80. The number of allylic oxidation sites excluding steroid dienone is 2. The van der Waals surface area contributed by atoms with Crippen molar-refractivity contribution in [1.82, 2.24) is 20.0 Å². The molecule has 35 heavy (non-hydrogen) atoms. The number of rotatable bonds is 7. The van der Waals surface area contributed by atoms with E-state index >= 15 is 0 Å². The van der Waals surface area contributed by atoms with Crippen LogP contribution in [0.1, 0.15) is 55.5 Å². The molecule has 1 unspecified atom stereocenters. The minimum absolute atomic E-state index is 0.112. The lowest BCUT2D eigenvalue weighted by atomic mass is 9.95. The molecule has 7 nitrogen and oxygen atoms in total. The molecule has 0 spiro atoms. The van der Waals surface area contributed by atoms with Gasteiger partial charge in [0, 0.05) is 30.3 Å². The lowest BCUT2D eigenvalue weighted by Crippen LogP contribution is -2.34. The van der Waals surface area contributed by atoms with Crippen molar-refractivity contribution in [2.45, 2.75) is 51.4 Å². The smallest absolute Gasteiger partial charge is 0.350 e. The predicted octanol–water partition coefficient (Wildman–Crippen LogP) is 4.02. The van der Waals surface area contributed by atoms with Crippen molar-refractivity contribution < 1.29 is 27.2 Å². The molecular weight excluding hydrogens is 466 g/mol. The molecule has 0 saturated carbocycles. The Labute approximate surface area is 200 Å². The molecule has 2 aromatic rings. The third-order valence-corrected chi connectivity index (χ3v) is 6.39. The van der Waals surface area contributed by atoms with Crippen LogP contribution in [-0.2, 0) is 22.3 Å². The number of carbonyl (C=O) groups is 2. The van der Waals surface area contributed by atoms with Crippen LogP contribution in [0.15, 0.2) is 35.5 Å². The fourth-order valence-electron chi connectivity index (χ4n) is 4.55. The van der Waals surface area contributed by atoms with Gasteiger partial charge in [0.15, 0.2) is 0 Å². The van der Waals surface area contributed by atoms with Gasteiger partial charge < -0.3 is 15.5 Å². The molecule has 1 saturated heterocycles. The van der Waals surface area contributed by atoms with Crippen LogP contribution in [0.3, 0.4) is 0 Å². The molecule has 0 bridgehead atoms. The second-order valence-electron chi connectivity index (χ2n) is 8.86. The molecule has 1 atom stereocenters. The topological polar surface area (TPSA) is 79.3 Å². The van der Waals surface area contributed by atoms with Crippen LogP contribution in [0, 0.1) is 5.82 Å². The Kier molecular flexibility index (Phi) is 7.25. The third-order valence-electron chi connectivity index (χ3n) is 6.39. The summed E-state index contributed by atoms with van der Waals surface area (Å²) in [5, 5.41) is 10.3. The quantitative estimate of drug-likeness (QED) is 0.450.